The van der Waals surface area contributed by atoms with E-state index >= 15 is 0 Å². The van der Waals surface area contributed by atoms with Gasteiger partial charge in [-0.25, -0.2) is 0 Å². The molecule has 0 spiro atoms. The maximum Gasteiger partial charge on any atom is 0.255 e. The van der Waals surface area contributed by atoms with Gasteiger partial charge in [-0.3, -0.25) is 24.5 Å². The third kappa shape index (κ3) is 4.43. The Bertz CT molecular complexity index is 1090. The number of rotatable bonds is 6. The van der Waals surface area contributed by atoms with Crippen LogP contribution in [0.4, 0.5) is 0 Å². The van der Waals surface area contributed by atoms with Crippen LogP contribution >= 0.6 is 0 Å². The Morgan fingerprint density at radius 2 is 1.81 bits per heavy atom. The average molecular weight is 418 g/mol. The number of hydrogen-bond acceptors (Lipinski definition) is 4. The van der Waals surface area contributed by atoms with E-state index in [1.54, 1.807) is 11.0 Å². The van der Waals surface area contributed by atoms with Crippen molar-refractivity contribution < 1.29 is 19.2 Å². The van der Waals surface area contributed by atoms with Gasteiger partial charge < -0.3 is 4.90 Å². The van der Waals surface area contributed by atoms with E-state index in [1.807, 2.05) is 31.2 Å². The van der Waals surface area contributed by atoms with Crippen LogP contribution < -0.4 is 5.32 Å². The van der Waals surface area contributed by atoms with E-state index in [9.17, 15) is 19.2 Å². The van der Waals surface area contributed by atoms with Crippen molar-refractivity contribution in [2.75, 3.05) is 0 Å². The van der Waals surface area contributed by atoms with E-state index in [0.717, 1.165) is 16.7 Å². The molecule has 1 atom stereocenters. The van der Waals surface area contributed by atoms with E-state index in [-0.39, 0.29) is 24.0 Å². The van der Waals surface area contributed by atoms with Gasteiger partial charge in [0.2, 0.25) is 11.8 Å². The first-order chi connectivity index (χ1) is 14.8. The van der Waals surface area contributed by atoms with Crippen LogP contribution in [0.25, 0.3) is 0 Å². The first kappa shape index (κ1) is 21.0. The molecule has 1 N–H and O–H groups in total. The number of benzene rings is 2. The molecule has 3 amide bonds. The maximum absolute atomic E-state index is 12.8. The van der Waals surface area contributed by atoms with Gasteiger partial charge in [0.1, 0.15) is 11.8 Å². The molecular weight excluding hydrogens is 392 g/mol. The zero-order valence-corrected chi connectivity index (χ0v) is 17.9. The number of nitrogens with one attached hydrogen (secondary N) is 1. The molecule has 0 aliphatic carbocycles. The fourth-order valence-electron chi connectivity index (χ4n) is 4.30. The minimum atomic E-state index is -0.611. The zero-order chi connectivity index (χ0) is 22.1. The predicted molar refractivity (Wildman–Crippen MR) is 115 cm³/mol. The Labute approximate surface area is 181 Å². The molecule has 2 aromatic rings. The third-order valence-corrected chi connectivity index (χ3v) is 6.25. The van der Waals surface area contributed by atoms with Crippen LogP contribution in [0.15, 0.2) is 36.4 Å². The molecule has 0 radical (unpaired) electrons. The highest BCUT2D eigenvalue weighted by atomic mass is 16.2. The third-order valence-electron chi connectivity index (χ3n) is 6.25. The summed E-state index contributed by atoms with van der Waals surface area (Å²) in [5.41, 5.74) is 5.91. The summed E-state index contributed by atoms with van der Waals surface area (Å²) in [4.78, 5) is 50.3. The number of nitrogens with zero attached hydrogens (tertiary/aromatic N) is 1. The van der Waals surface area contributed by atoms with Crippen LogP contribution in [0.5, 0.6) is 0 Å². The van der Waals surface area contributed by atoms with Gasteiger partial charge in [0.25, 0.3) is 5.91 Å². The lowest BCUT2D eigenvalue weighted by Crippen LogP contribution is -2.52. The normalized spacial score (nSPS) is 18.2. The lowest BCUT2D eigenvalue weighted by Gasteiger charge is -2.29. The van der Waals surface area contributed by atoms with Crippen molar-refractivity contribution in [3.63, 3.8) is 0 Å². The topological polar surface area (TPSA) is 83.6 Å². The van der Waals surface area contributed by atoms with Crippen LogP contribution in [0, 0.1) is 13.8 Å². The van der Waals surface area contributed by atoms with E-state index in [2.05, 4.69) is 18.3 Å². The molecule has 6 heteroatoms. The van der Waals surface area contributed by atoms with Gasteiger partial charge in [-0.1, -0.05) is 30.3 Å². The van der Waals surface area contributed by atoms with Gasteiger partial charge >= 0.3 is 0 Å². The molecule has 4 rings (SSSR count). The summed E-state index contributed by atoms with van der Waals surface area (Å²) in [6.07, 6.45) is 2.07. The zero-order valence-electron chi connectivity index (χ0n) is 17.9. The fourth-order valence-corrected chi connectivity index (χ4v) is 4.30. The van der Waals surface area contributed by atoms with E-state index in [1.165, 1.54) is 11.1 Å². The number of carbonyl (C=O) groups is 4. The number of carbonyl (C=O) groups excluding carboxylic acids is 4. The van der Waals surface area contributed by atoms with Gasteiger partial charge in [-0.15, -0.1) is 0 Å². The summed E-state index contributed by atoms with van der Waals surface area (Å²) in [6.45, 7) is 4.46. The second-order valence-corrected chi connectivity index (χ2v) is 8.53. The Morgan fingerprint density at radius 1 is 1.03 bits per heavy atom. The van der Waals surface area contributed by atoms with Crippen molar-refractivity contribution in [3.8, 4) is 0 Å². The first-order valence-corrected chi connectivity index (χ1v) is 10.7. The summed E-state index contributed by atoms with van der Waals surface area (Å²) in [7, 11) is 0. The lowest BCUT2D eigenvalue weighted by atomic mass is 9.98. The van der Waals surface area contributed by atoms with Gasteiger partial charge in [0.15, 0.2) is 0 Å². The molecule has 0 bridgehead atoms. The number of piperidine rings is 1. The summed E-state index contributed by atoms with van der Waals surface area (Å²) in [5, 5.41) is 2.31. The number of imide groups is 1. The molecule has 0 saturated carbocycles. The highest BCUT2D eigenvalue weighted by Crippen LogP contribution is 2.28. The molecule has 31 heavy (non-hydrogen) atoms. The molecule has 0 aromatic heterocycles. The van der Waals surface area contributed by atoms with Crippen molar-refractivity contribution in [1.82, 2.24) is 10.2 Å². The molecule has 2 heterocycles. The van der Waals surface area contributed by atoms with Crippen LogP contribution in [0.2, 0.25) is 0 Å². The molecule has 2 aromatic carbocycles. The number of fused-ring (bicyclic) bond motifs is 1. The molecule has 2 aliphatic rings. The smallest absolute Gasteiger partial charge is 0.255 e. The van der Waals surface area contributed by atoms with Crippen LogP contribution in [-0.4, -0.2) is 34.4 Å². The van der Waals surface area contributed by atoms with Crippen molar-refractivity contribution in [1.29, 1.82) is 0 Å². The Morgan fingerprint density at radius 3 is 2.55 bits per heavy atom. The minimum Gasteiger partial charge on any atom is -0.322 e. The molecule has 1 unspecified atom stereocenters. The van der Waals surface area contributed by atoms with Crippen LogP contribution in [-0.2, 0) is 33.8 Å². The molecule has 1 fully saturated rings. The van der Waals surface area contributed by atoms with Gasteiger partial charge in [0.05, 0.1) is 0 Å². The van der Waals surface area contributed by atoms with Gasteiger partial charge in [-0.05, 0) is 60.6 Å². The second kappa shape index (κ2) is 8.46. The average Bonchev–Trinajstić information content (AvgIpc) is 3.05. The Balaban J connectivity index is 1.38. The molecule has 1 saturated heterocycles. The summed E-state index contributed by atoms with van der Waals surface area (Å²) < 4.78 is 0. The quantitative estimate of drug-likeness (QED) is 0.732. The monoisotopic (exact) mass is 418 g/mol. The lowest BCUT2D eigenvalue weighted by molar-refractivity contribution is -0.137. The van der Waals surface area contributed by atoms with Gasteiger partial charge in [0, 0.05) is 31.4 Å². The van der Waals surface area contributed by atoms with E-state index in [0.29, 0.717) is 37.8 Å². The molecule has 160 valence electrons. The number of ketones is 1. The van der Waals surface area contributed by atoms with Crippen molar-refractivity contribution in [3.05, 3.63) is 69.8 Å². The van der Waals surface area contributed by atoms with Crippen molar-refractivity contribution in [2.45, 2.75) is 58.5 Å². The van der Waals surface area contributed by atoms with Crippen molar-refractivity contribution in [2.24, 2.45) is 0 Å². The predicted octanol–water partition coefficient (Wildman–Crippen LogP) is 2.81. The summed E-state index contributed by atoms with van der Waals surface area (Å²) in [6, 6.07) is 11.1. The number of Topliss-reactive ketones (excluding diaryl/α,β-unsaturated/α-hetero) is 1. The Kier molecular flexibility index (Phi) is 5.72. The number of amides is 3. The number of aryl methyl sites for hydroxylation is 3. The standard InChI is InChI=1S/C25H26N2O4/c1-15-3-4-18(11-16(15)2)13-20(28)7-5-17-6-8-21-19(12-17)14-27(25(21)31)22-9-10-23(29)26-24(22)30/h3-4,6,8,11-12,22H,5,7,9-10,13-14H2,1-2H3,(H,26,29,30). The van der Waals surface area contributed by atoms with Crippen LogP contribution in [0.3, 0.4) is 0 Å². The SMILES string of the molecule is Cc1ccc(CC(=O)CCc2ccc3c(c2)CN(C2CCC(=O)NC2=O)C3=O)cc1C. The van der Waals surface area contributed by atoms with Crippen LogP contribution in [0.1, 0.15) is 57.4 Å². The Hall–Kier alpha value is -3.28. The minimum absolute atomic E-state index is 0.179. The summed E-state index contributed by atoms with van der Waals surface area (Å²) in [5.74, 6) is -0.695. The first-order valence-electron chi connectivity index (χ1n) is 10.7. The second-order valence-electron chi connectivity index (χ2n) is 8.53. The highest BCUT2D eigenvalue weighted by Gasteiger charge is 2.39. The largest absolute Gasteiger partial charge is 0.322 e. The fraction of sp³-hybridized carbons (Fsp3) is 0.360. The highest BCUT2D eigenvalue weighted by molar-refractivity contribution is 6.05. The molecule has 6 nitrogen and oxygen atoms in total. The van der Waals surface area contributed by atoms with E-state index in [4.69, 9.17) is 0 Å². The molecular formula is C25H26N2O4. The molecule has 2 aliphatic heterocycles. The van der Waals surface area contributed by atoms with Crippen molar-refractivity contribution >= 4 is 23.5 Å². The summed E-state index contributed by atoms with van der Waals surface area (Å²) >= 11 is 0. The van der Waals surface area contributed by atoms with E-state index < -0.39 is 11.9 Å². The number of hydrogen-bond donors (Lipinski definition) is 1. The van der Waals surface area contributed by atoms with Gasteiger partial charge in [-0.2, -0.15) is 0 Å². The maximum atomic E-state index is 12.8.